The molecule has 0 spiro atoms. The molecule has 7 nitrogen and oxygen atoms in total. The van der Waals surface area contributed by atoms with Crippen LogP contribution in [0.25, 0.3) is 0 Å². The van der Waals surface area contributed by atoms with E-state index in [0.717, 1.165) is 24.3 Å². The molecule has 3 aromatic carbocycles. The number of benzene rings is 3. The highest BCUT2D eigenvalue weighted by molar-refractivity contribution is 7.91. The van der Waals surface area contributed by atoms with E-state index in [0.29, 0.717) is 10.7 Å². The van der Waals surface area contributed by atoms with Crippen LogP contribution in [0.3, 0.4) is 0 Å². The second-order valence-electron chi connectivity index (χ2n) is 5.71. The van der Waals surface area contributed by atoms with Crippen molar-refractivity contribution in [2.24, 2.45) is 0 Å². The van der Waals surface area contributed by atoms with Crippen LogP contribution in [0.2, 0.25) is 5.02 Å². The van der Waals surface area contributed by atoms with Crippen molar-refractivity contribution in [3.63, 3.8) is 0 Å². The van der Waals surface area contributed by atoms with Crippen molar-refractivity contribution in [2.45, 2.75) is 9.79 Å². The number of non-ortho nitro benzene ring substituents is 1. The van der Waals surface area contributed by atoms with Crippen LogP contribution in [0, 0.1) is 10.1 Å². The summed E-state index contributed by atoms with van der Waals surface area (Å²) in [6, 6.07) is 16.6. The summed E-state index contributed by atoms with van der Waals surface area (Å²) in [6.45, 7) is 0. The number of hydrogen-bond donors (Lipinski definition) is 1. The third kappa shape index (κ3) is 4.03. The van der Waals surface area contributed by atoms with Crippen LogP contribution in [-0.4, -0.2) is 19.2 Å². The average molecular weight is 417 g/mol. The van der Waals surface area contributed by atoms with Crippen molar-refractivity contribution in [1.82, 2.24) is 0 Å². The fourth-order valence-corrected chi connectivity index (χ4v) is 4.08. The first-order chi connectivity index (χ1) is 13.3. The molecule has 142 valence electrons. The van der Waals surface area contributed by atoms with E-state index in [4.69, 9.17) is 11.6 Å². The molecule has 0 unspecified atom stereocenters. The summed E-state index contributed by atoms with van der Waals surface area (Å²) in [5, 5.41) is 13.9. The lowest BCUT2D eigenvalue weighted by atomic mass is 10.2. The molecule has 0 radical (unpaired) electrons. The van der Waals surface area contributed by atoms with Gasteiger partial charge in [-0.25, -0.2) is 8.42 Å². The molecule has 0 saturated heterocycles. The van der Waals surface area contributed by atoms with Gasteiger partial charge in [0.15, 0.2) is 0 Å². The lowest BCUT2D eigenvalue weighted by Crippen LogP contribution is -2.16. The number of halogens is 1. The van der Waals surface area contributed by atoms with Crippen molar-refractivity contribution >= 4 is 38.7 Å². The fraction of sp³-hybridized carbons (Fsp3) is 0. The van der Waals surface area contributed by atoms with Crippen LogP contribution in [0.4, 0.5) is 11.4 Å². The predicted molar refractivity (Wildman–Crippen MR) is 104 cm³/mol. The van der Waals surface area contributed by atoms with Gasteiger partial charge in [-0.05, 0) is 48.5 Å². The Morgan fingerprint density at radius 2 is 1.54 bits per heavy atom. The van der Waals surface area contributed by atoms with Crippen LogP contribution >= 0.6 is 11.6 Å². The van der Waals surface area contributed by atoms with Crippen molar-refractivity contribution < 1.29 is 18.1 Å². The molecule has 0 fully saturated rings. The van der Waals surface area contributed by atoms with E-state index < -0.39 is 20.7 Å². The van der Waals surface area contributed by atoms with Gasteiger partial charge in [0.1, 0.15) is 0 Å². The third-order valence-corrected chi connectivity index (χ3v) is 5.96. The van der Waals surface area contributed by atoms with Crippen LogP contribution in [0.5, 0.6) is 0 Å². The van der Waals surface area contributed by atoms with Gasteiger partial charge < -0.3 is 5.32 Å². The number of nitrogens with one attached hydrogen (secondary N) is 1. The summed E-state index contributed by atoms with van der Waals surface area (Å²) in [4.78, 5) is 22.4. The molecule has 1 N–H and O–H groups in total. The van der Waals surface area contributed by atoms with Crippen LogP contribution in [0.1, 0.15) is 10.4 Å². The number of nitrogens with zero attached hydrogens (tertiary/aromatic N) is 1. The number of hydrogen-bond acceptors (Lipinski definition) is 5. The van der Waals surface area contributed by atoms with E-state index >= 15 is 0 Å². The first kappa shape index (κ1) is 19.5. The molecule has 0 saturated carbocycles. The molecule has 0 aliphatic carbocycles. The van der Waals surface area contributed by atoms with Crippen molar-refractivity contribution in [2.75, 3.05) is 5.32 Å². The van der Waals surface area contributed by atoms with Gasteiger partial charge in [-0.1, -0.05) is 23.7 Å². The maximum absolute atomic E-state index is 13.0. The Morgan fingerprint density at radius 3 is 2.14 bits per heavy atom. The number of amides is 1. The number of nitro benzene ring substituents is 1. The van der Waals surface area contributed by atoms with Crippen molar-refractivity contribution in [1.29, 1.82) is 0 Å². The van der Waals surface area contributed by atoms with E-state index in [1.807, 2.05) is 0 Å². The van der Waals surface area contributed by atoms with E-state index in [2.05, 4.69) is 5.32 Å². The number of nitro groups is 1. The Morgan fingerprint density at radius 1 is 0.929 bits per heavy atom. The zero-order valence-corrected chi connectivity index (χ0v) is 15.8. The van der Waals surface area contributed by atoms with Gasteiger partial charge in [0.2, 0.25) is 9.84 Å². The van der Waals surface area contributed by atoms with Crippen molar-refractivity contribution in [3.05, 3.63) is 93.5 Å². The van der Waals surface area contributed by atoms with E-state index in [1.54, 1.807) is 30.3 Å². The molecule has 0 aliphatic heterocycles. The molecule has 0 atom stereocenters. The Bertz CT molecular complexity index is 1140. The third-order valence-electron chi connectivity index (χ3n) is 3.88. The Kier molecular flexibility index (Phi) is 5.43. The molecule has 3 rings (SSSR count). The quantitative estimate of drug-likeness (QED) is 0.492. The Labute approximate surface area is 165 Å². The molecular formula is C19H13ClN2O5S. The lowest BCUT2D eigenvalue weighted by Gasteiger charge is -2.11. The van der Waals surface area contributed by atoms with Gasteiger partial charge >= 0.3 is 0 Å². The minimum Gasteiger partial charge on any atom is -0.322 e. The fourth-order valence-electron chi connectivity index (χ4n) is 2.49. The number of rotatable bonds is 5. The molecule has 0 heterocycles. The van der Waals surface area contributed by atoms with Crippen LogP contribution in [0.15, 0.2) is 82.6 Å². The zero-order valence-electron chi connectivity index (χ0n) is 14.2. The van der Waals surface area contributed by atoms with Gasteiger partial charge in [-0.3, -0.25) is 14.9 Å². The standard InChI is InChI=1S/C19H13ClN2O5S/c20-13-5-7-14(8-6-13)21-19(23)17-3-1-2-4-18(17)28(26,27)16-11-9-15(10-12-16)22(24)25/h1-12H,(H,21,23). The lowest BCUT2D eigenvalue weighted by molar-refractivity contribution is -0.384. The highest BCUT2D eigenvalue weighted by atomic mass is 35.5. The normalized spacial score (nSPS) is 11.0. The minimum absolute atomic E-state index is 0.0456. The summed E-state index contributed by atoms with van der Waals surface area (Å²) in [6.07, 6.45) is 0. The molecule has 28 heavy (non-hydrogen) atoms. The maximum atomic E-state index is 13.0. The van der Waals surface area contributed by atoms with Gasteiger partial charge in [0.05, 0.1) is 20.3 Å². The summed E-state index contributed by atoms with van der Waals surface area (Å²) in [7, 11) is -4.06. The topological polar surface area (TPSA) is 106 Å². The highest BCUT2D eigenvalue weighted by Gasteiger charge is 2.25. The Hall–Kier alpha value is -3.23. The zero-order chi connectivity index (χ0) is 20.3. The maximum Gasteiger partial charge on any atom is 0.269 e. The molecule has 0 bridgehead atoms. The first-order valence-corrected chi connectivity index (χ1v) is 9.80. The predicted octanol–water partition coefficient (Wildman–Crippen LogP) is 4.33. The van der Waals surface area contributed by atoms with Crippen LogP contribution < -0.4 is 5.32 Å². The number of carbonyl (C=O) groups is 1. The van der Waals surface area contributed by atoms with E-state index in [9.17, 15) is 23.3 Å². The van der Waals surface area contributed by atoms with Crippen molar-refractivity contribution in [3.8, 4) is 0 Å². The average Bonchev–Trinajstić information content (AvgIpc) is 2.69. The Balaban J connectivity index is 1.97. The molecule has 0 aromatic heterocycles. The van der Waals surface area contributed by atoms with Gasteiger partial charge in [0.25, 0.3) is 11.6 Å². The smallest absolute Gasteiger partial charge is 0.269 e. The SMILES string of the molecule is O=C(Nc1ccc(Cl)cc1)c1ccccc1S(=O)(=O)c1ccc([N+](=O)[O-])cc1. The summed E-state index contributed by atoms with van der Waals surface area (Å²) in [5.41, 5.74) is 0.181. The largest absolute Gasteiger partial charge is 0.322 e. The second kappa shape index (κ2) is 7.79. The summed E-state index contributed by atoms with van der Waals surface area (Å²) >= 11 is 5.81. The molecule has 9 heteroatoms. The molecular weight excluding hydrogens is 404 g/mol. The van der Waals surface area contributed by atoms with Crippen LogP contribution in [-0.2, 0) is 9.84 Å². The number of anilines is 1. The highest BCUT2D eigenvalue weighted by Crippen LogP contribution is 2.26. The number of carbonyl (C=O) groups excluding carboxylic acids is 1. The van der Waals surface area contributed by atoms with E-state index in [-0.39, 0.29) is 21.0 Å². The second-order valence-corrected chi connectivity index (χ2v) is 8.07. The van der Waals surface area contributed by atoms with Gasteiger partial charge in [0, 0.05) is 22.8 Å². The first-order valence-electron chi connectivity index (χ1n) is 7.94. The van der Waals surface area contributed by atoms with Gasteiger partial charge in [-0.15, -0.1) is 0 Å². The molecule has 1 amide bonds. The minimum atomic E-state index is -4.06. The van der Waals surface area contributed by atoms with E-state index in [1.165, 1.54) is 18.2 Å². The summed E-state index contributed by atoms with van der Waals surface area (Å²) < 4.78 is 25.9. The molecule has 0 aliphatic rings. The number of sulfone groups is 1. The molecule has 3 aromatic rings. The van der Waals surface area contributed by atoms with Gasteiger partial charge in [-0.2, -0.15) is 0 Å². The summed E-state index contributed by atoms with van der Waals surface area (Å²) in [5.74, 6) is -0.608. The monoisotopic (exact) mass is 416 g/mol.